The standard InChI is InChI=1S/C13H24FNO2/c1-7(2)6-10-11(14)12(15-9(5)16)13(17-10)8(3)4/h7-8,10-13H,6H2,1-5H3,(H,15,16)/t10-,11-,12-,13+/m1/s1. The van der Waals surface area contributed by atoms with Gasteiger partial charge in [-0.25, -0.2) is 4.39 Å². The zero-order chi connectivity index (χ0) is 13.2. The van der Waals surface area contributed by atoms with E-state index in [1.807, 2.05) is 27.7 Å². The lowest BCUT2D eigenvalue weighted by atomic mass is 9.95. The van der Waals surface area contributed by atoms with Crippen molar-refractivity contribution in [3.8, 4) is 0 Å². The van der Waals surface area contributed by atoms with Crippen LogP contribution in [0.2, 0.25) is 0 Å². The highest BCUT2D eigenvalue weighted by Gasteiger charge is 2.46. The molecule has 1 rings (SSSR count). The van der Waals surface area contributed by atoms with E-state index < -0.39 is 12.2 Å². The number of rotatable bonds is 4. The van der Waals surface area contributed by atoms with Crippen LogP contribution in [-0.2, 0) is 9.53 Å². The molecule has 1 aliphatic heterocycles. The summed E-state index contributed by atoms with van der Waals surface area (Å²) in [7, 11) is 0. The minimum absolute atomic E-state index is 0.197. The van der Waals surface area contributed by atoms with Crippen molar-refractivity contribution in [2.45, 2.75) is 65.5 Å². The van der Waals surface area contributed by atoms with Gasteiger partial charge in [0.25, 0.3) is 0 Å². The monoisotopic (exact) mass is 245 g/mol. The normalized spacial score (nSPS) is 33.4. The molecule has 100 valence electrons. The molecule has 0 radical (unpaired) electrons. The highest BCUT2D eigenvalue weighted by molar-refractivity contribution is 5.73. The fourth-order valence-electron chi connectivity index (χ4n) is 2.39. The van der Waals surface area contributed by atoms with E-state index in [9.17, 15) is 9.18 Å². The Morgan fingerprint density at radius 3 is 2.35 bits per heavy atom. The second-order valence-corrected chi connectivity index (χ2v) is 5.68. The molecule has 1 N–H and O–H groups in total. The summed E-state index contributed by atoms with van der Waals surface area (Å²) < 4.78 is 20.0. The molecule has 4 atom stereocenters. The summed E-state index contributed by atoms with van der Waals surface area (Å²) in [5, 5.41) is 2.69. The molecule has 4 heteroatoms. The number of alkyl halides is 1. The maximum Gasteiger partial charge on any atom is 0.217 e. The van der Waals surface area contributed by atoms with Crippen LogP contribution in [0.4, 0.5) is 4.39 Å². The van der Waals surface area contributed by atoms with Gasteiger partial charge in [0.2, 0.25) is 5.91 Å². The second-order valence-electron chi connectivity index (χ2n) is 5.68. The van der Waals surface area contributed by atoms with Crippen molar-refractivity contribution >= 4 is 5.91 Å². The maximum atomic E-state index is 14.2. The zero-order valence-corrected chi connectivity index (χ0v) is 11.4. The molecular formula is C13H24FNO2. The van der Waals surface area contributed by atoms with Gasteiger partial charge >= 0.3 is 0 Å². The highest BCUT2D eigenvalue weighted by atomic mass is 19.1. The summed E-state index contributed by atoms with van der Waals surface area (Å²) in [5.41, 5.74) is 0. The SMILES string of the molecule is CC(=O)N[C@@H]1[C@H](F)[C@@H](CC(C)C)O[C@H]1C(C)C. The van der Waals surface area contributed by atoms with Gasteiger partial charge in [0.1, 0.15) is 6.17 Å². The van der Waals surface area contributed by atoms with Crippen LogP contribution >= 0.6 is 0 Å². The third kappa shape index (κ3) is 3.66. The first-order valence-corrected chi connectivity index (χ1v) is 6.39. The highest BCUT2D eigenvalue weighted by Crippen LogP contribution is 2.31. The van der Waals surface area contributed by atoms with Crippen LogP contribution in [0, 0.1) is 11.8 Å². The fraction of sp³-hybridized carbons (Fsp3) is 0.923. The summed E-state index contributed by atoms with van der Waals surface area (Å²) >= 11 is 0. The summed E-state index contributed by atoms with van der Waals surface area (Å²) in [6, 6.07) is -0.503. The van der Waals surface area contributed by atoms with Crippen molar-refractivity contribution in [1.29, 1.82) is 0 Å². The van der Waals surface area contributed by atoms with Crippen LogP contribution in [0.25, 0.3) is 0 Å². The number of hydrogen-bond donors (Lipinski definition) is 1. The summed E-state index contributed by atoms with van der Waals surface area (Å²) in [5.74, 6) is 0.390. The number of carbonyl (C=O) groups is 1. The molecule has 1 aliphatic rings. The maximum absolute atomic E-state index is 14.2. The van der Waals surface area contributed by atoms with Crippen LogP contribution in [0.1, 0.15) is 41.0 Å². The summed E-state index contributed by atoms with van der Waals surface area (Å²) in [4.78, 5) is 11.1. The lowest BCUT2D eigenvalue weighted by Crippen LogP contribution is -2.46. The van der Waals surface area contributed by atoms with Crippen LogP contribution in [0.5, 0.6) is 0 Å². The molecule has 0 aromatic heterocycles. The summed E-state index contributed by atoms with van der Waals surface area (Å²) in [6.07, 6.45) is -1.02. The Morgan fingerprint density at radius 2 is 1.94 bits per heavy atom. The van der Waals surface area contributed by atoms with Gasteiger partial charge in [-0.2, -0.15) is 0 Å². The van der Waals surface area contributed by atoms with Gasteiger partial charge in [-0.3, -0.25) is 4.79 Å². The molecule has 0 bridgehead atoms. The van der Waals surface area contributed by atoms with Crippen LogP contribution in [-0.4, -0.2) is 30.3 Å². The molecule has 1 amide bonds. The van der Waals surface area contributed by atoms with Crippen LogP contribution in [0.15, 0.2) is 0 Å². The molecule has 1 heterocycles. The van der Waals surface area contributed by atoms with E-state index >= 15 is 0 Å². The lowest BCUT2D eigenvalue weighted by molar-refractivity contribution is -0.120. The van der Waals surface area contributed by atoms with Crippen molar-refractivity contribution < 1.29 is 13.9 Å². The predicted octanol–water partition coefficient (Wildman–Crippen LogP) is 2.30. The van der Waals surface area contributed by atoms with E-state index in [-0.39, 0.29) is 24.0 Å². The molecule has 0 saturated carbocycles. The third-order valence-corrected chi connectivity index (χ3v) is 3.11. The van der Waals surface area contributed by atoms with Gasteiger partial charge in [0, 0.05) is 6.92 Å². The molecule has 1 saturated heterocycles. The van der Waals surface area contributed by atoms with Crippen LogP contribution in [0.3, 0.4) is 0 Å². The fourth-order valence-corrected chi connectivity index (χ4v) is 2.39. The van der Waals surface area contributed by atoms with Gasteiger partial charge in [0.05, 0.1) is 18.2 Å². The van der Waals surface area contributed by atoms with Gasteiger partial charge in [-0.1, -0.05) is 27.7 Å². The minimum atomic E-state index is -1.10. The Balaban J connectivity index is 2.74. The number of nitrogens with one attached hydrogen (secondary N) is 1. The molecule has 0 aliphatic carbocycles. The first-order valence-electron chi connectivity index (χ1n) is 6.39. The van der Waals surface area contributed by atoms with Crippen molar-refractivity contribution in [3.63, 3.8) is 0 Å². The van der Waals surface area contributed by atoms with E-state index in [1.54, 1.807) is 0 Å². The molecule has 17 heavy (non-hydrogen) atoms. The molecule has 0 aromatic carbocycles. The third-order valence-electron chi connectivity index (χ3n) is 3.11. The van der Waals surface area contributed by atoms with E-state index in [0.29, 0.717) is 12.3 Å². The topological polar surface area (TPSA) is 38.3 Å². The van der Waals surface area contributed by atoms with E-state index in [4.69, 9.17) is 4.74 Å². The molecule has 0 aromatic rings. The second kappa shape index (κ2) is 5.80. The number of halogens is 1. The first kappa shape index (κ1) is 14.4. The first-order chi connectivity index (χ1) is 7.82. The minimum Gasteiger partial charge on any atom is -0.369 e. The predicted molar refractivity (Wildman–Crippen MR) is 65.5 cm³/mol. The number of amides is 1. The van der Waals surface area contributed by atoms with Gasteiger partial charge < -0.3 is 10.1 Å². The molecular weight excluding hydrogens is 221 g/mol. The van der Waals surface area contributed by atoms with Gasteiger partial charge in [-0.15, -0.1) is 0 Å². The largest absolute Gasteiger partial charge is 0.369 e. The van der Waals surface area contributed by atoms with Crippen molar-refractivity contribution in [3.05, 3.63) is 0 Å². The molecule has 0 unspecified atom stereocenters. The average molecular weight is 245 g/mol. The van der Waals surface area contributed by atoms with Gasteiger partial charge in [-0.05, 0) is 18.3 Å². The number of ether oxygens (including phenoxy) is 1. The van der Waals surface area contributed by atoms with Crippen molar-refractivity contribution in [2.24, 2.45) is 11.8 Å². The Kier molecular flexibility index (Phi) is 4.92. The quantitative estimate of drug-likeness (QED) is 0.825. The van der Waals surface area contributed by atoms with E-state index in [2.05, 4.69) is 5.32 Å². The average Bonchev–Trinajstić information content (AvgIpc) is 2.45. The van der Waals surface area contributed by atoms with Crippen molar-refractivity contribution in [1.82, 2.24) is 5.32 Å². The van der Waals surface area contributed by atoms with Crippen molar-refractivity contribution in [2.75, 3.05) is 0 Å². The summed E-state index contributed by atoms with van der Waals surface area (Å²) in [6.45, 7) is 9.49. The van der Waals surface area contributed by atoms with Crippen LogP contribution < -0.4 is 5.32 Å². The zero-order valence-electron chi connectivity index (χ0n) is 11.4. The van der Waals surface area contributed by atoms with E-state index in [0.717, 1.165) is 0 Å². The Bertz CT molecular complexity index is 268. The molecule has 0 spiro atoms. The molecule has 3 nitrogen and oxygen atoms in total. The molecule has 1 fully saturated rings. The Morgan fingerprint density at radius 1 is 1.35 bits per heavy atom. The number of carbonyl (C=O) groups excluding carboxylic acids is 1. The number of hydrogen-bond acceptors (Lipinski definition) is 2. The van der Waals surface area contributed by atoms with Gasteiger partial charge in [0.15, 0.2) is 0 Å². The smallest absolute Gasteiger partial charge is 0.217 e. The Labute approximate surface area is 103 Å². The van der Waals surface area contributed by atoms with E-state index in [1.165, 1.54) is 6.92 Å². The Hall–Kier alpha value is -0.640. The lowest BCUT2D eigenvalue weighted by Gasteiger charge is -2.22.